The van der Waals surface area contributed by atoms with E-state index in [1.54, 1.807) is 0 Å². The molecule has 0 fully saturated rings. The van der Waals surface area contributed by atoms with Crippen LogP contribution in [0.2, 0.25) is 0 Å². The van der Waals surface area contributed by atoms with E-state index in [1.807, 2.05) is 78.8 Å². The molecule has 3 aromatic carbocycles. The number of nitrogens with zero attached hydrogens (tertiary/aromatic N) is 1. The first kappa shape index (κ1) is 19.0. The zero-order chi connectivity index (χ0) is 18.9. The van der Waals surface area contributed by atoms with E-state index in [2.05, 4.69) is 35.1 Å². The highest BCUT2D eigenvalue weighted by Gasteiger charge is 2.22. The van der Waals surface area contributed by atoms with Crippen LogP contribution in [-0.2, 0) is 13.1 Å². The van der Waals surface area contributed by atoms with Crippen molar-refractivity contribution in [2.75, 3.05) is 0 Å². The highest BCUT2D eigenvalue weighted by Crippen LogP contribution is 2.08. The Hall–Kier alpha value is -2.79. The van der Waals surface area contributed by atoms with Crippen LogP contribution >= 0.6 is 0 Å². The summed E-state index contributed by atoms with van der Waals surface area (Å²) in [4.78, 5) is 12.9. The second kappa shape index (κ2) is 9.78. The molecule has 0 saturated carbocycles. The van der Waals surface area contributed by atoms with Crippen LogP contribution in [0.3, 0.4) is 0 Å². The number of Topliss-reactive ketones (excluding diaryl/α,β-unsaturated/α-hetero) is 1. The van der Waals surface area contributed by atoms with Gasteiger partial charge in [-0.3, -0.25) is 4.79 Å². The molecule has 0 amide bonds. The van der Waals surface area contributed by atoms with Crippen LogP contribution in [0.5, 0.6) is 0 Å². The number of hydrogen-bond donors (Lipinski definition) is 2. The lowest BCUT2D eigenvalue weighted by molar-refractivity contribution is 0.0470. The van der Waals surface area contributed by atoms with E-state index in [4.69, 9.17) is 0 Å². The highest BCUT2D eigenvalue weighted by molar-refractivity contribution is 5.99. The Kier molecular flexibility index (Phi) is 6.88. The van der Waals surface area contributed by atoms with Crippen LogP contribution < -0.4 is 10.9 Å². The van der Waals surface area contributed by atoms with Crippen molar-refractivity contribution in [2.45, 2.75) is 26.1 Å². The zero-order valence-electron chi connectivity index (χ0n) is 15.5. The molecule has 0 unspecified atom stereocenters. The van der Waals surface area contributed by atoms with E-state index < -0.39 is 0 Å². The van der Waals surface area contributed by atoms with Crippen molar-refractivity contribution in [3.63, 3.8) is 0 Å². The van der Waals surface area contributed by atoms with E-state index in [9.17, 15) is 4.79 Å². The topological polar surface area (TPSA) is 44.4 Å². The molecule has 0 aromatic heterocycles. The van der Waals surface area contributed by atoms with E-state index in [1.165, 1.54) is 0 Å². The molecule has 3 rings (SSSR count). The Morgan fingerprint density at radius 1 is 0.741 bits per heavy atom. The number of hydrogen-bond acceptors (Lipinski definition) is 4. The third kappa shape index (κ3) is 5.59. The second-order valence-electron chi connectivity index (χ2n) is 6.42. The number of hydrazine groups is 2. The zero-order valence-corrected chi connectivity index (χ0v) is 15.5. The lowest BCUT2D eigenvalue weighted by atomic mass is 10.1. The van der Waals surface area contributed by atoms with Gasteiger partial charge in [0.25, 0.3) is 0 Å². The minimum atomic E-state index is -0.361. The van der Waals surface area contributed by atoms with Crippen molar-refractivity contribution in [2.24, 2.45) is 0 Å². The first-order valence-corrected chi connectivity index (χ1v) is 9.17. The summed E-state index contributed by atoms with van der Waals surface area (Å²) < 4.78 is 0. The first-order valence-electron chi connectivity index (χ1n) is 9.17. The number of carbonyl (C=O) groups excluding carboxylic acids is 1. The molecule has 0 aliphatic rings. The molecule has 0 saturated heterocycles. The molecule has 0 aliphatic heterocycles. The summed E-state index contributed by atoms with van der Waals surface area (Å²) in [7, 11) is 0. The van der Waals surface area contributed by atoms with Crippen molar-refractivity contribution in [3.05, 3.63) is 108 Å². The van der Waals surface area contributed by atoms with E-state index in [0.29, 0.717) is 18.7 Å². The molecule has 0 bridgehead atoms. The van der Waals surface area contributed by atoms with Crippen LogP contribution in [0.4, 0.5) is 0 Å². The third-order valence-electron chi connectivity index (χ3n) is 4.42. The van der Waals surface area contributed by atoms with Gasteiger partial charge in [0.2, 0.25) is 0 Å². The lowest BCUT2D eigenvalue weighted by Crippen LogP contribution is -2.55. The van der Waals surface area contributed by atoms with Gasteiger partial charge in [-0.2, -0.15) is 5.12 Å². The maximum atomic E-state index is 12.9. The van der Waals surface area contributed by atoms with Crippen molar-refractivity contribution in [1.82, 2.24) is 16.0 Å². The molecular formula is C23H25N3O. The molecule has 0 aliphatic carbocycles. The van der Waals surface area contributed by atoms with Gasteiger partial charge in [-0.15, -0.1) is 0 Å². The Balaban J connectivity index is 1.70. The summed E-state index contributed by atoms with van der Waals surface area (Å²) in [6.07, 6.45) is 0. The minimum Gasteiger partial charge on any atom is -0.292 e. The molecule has 3 aromatic rings. The monoisotopic (exact) mass is 359 g/mol. The number of rotatable bonds is 9. The van der Waals surface area contributed by atoms with E-state index in [0.717, 1.165) is 11.1 Å². The molecular weight excluding hydrogens is 334 g/mol. The van der Waals surface area contributed by atoms with Gasteiger partial charge in [0.05, 0.1) is 0 Å². The van der Waals surface area contributed by atoms with Crippen molar-refractivity contribution < 1.29 is 4.79 Å². The fraction of sp³-hybridized carbons (Fsp3) is 0.174. The second-order valence-corrected chi connectivity index (χ2v) is 6.42. The van der Waals surface area contributed by atoms with E-state index in [-0.39, 0.29) is 11.8 Å². The standard InChI is InChI=1S/C23H25N3O/c1-19(23(27)22-15-9-4-10-16-22)26(24-17-20-11-5-2-6-12-20)25-18-21-13-7-3-8-14-21/h2-16,19,24-25H,17-18H2,1H3/t19-/m0/s1. The normalized spacial score (nSPS) is 12.1. The molecule has 4 heteroatoms. The summed E-state index contributed by atoms with van der Waals surface area (Å²) in [5, 5.41) is 1.81. The summed E-state index contributed by atoms with van der Waals surface area (Å²) in [5.74, 6) is 0.0664. The lowest BCUT2D eigenvalue weighted by Gasteiger charge is -2.29. The van der Waals surface area contributed by atoms with Gasteiger partial charge in [-0.05, 0) is 18.1 Å². The van der Waals surface area contributed by atoms with Crippen LogP contribution in [0.1, 0.15) is 28.4 Å². The van der Waals surface area contributed by atoms with Crippen LogP contribution in [0.15, 0.2) is 91.0 Å². The van der Waals surface area contributed by atoms with Crippen molar-refractivity contribution in [1.29, 1.82) is 0 Å². The molecule has 0 heterocycles. The van der Waals surface area contributed by atoms with Crippen molar-refractivity contribution >= 4 is 5.78 Å². The molecule has 27 heavy (non-hydrogen) atoms. The molecule has 0 spiro atoms. The number of nitrogens with one attached hydrogen (secondary N) is 2. The summed E-state index contributed by atoms with van der Waals surface area (Å²) >= 11 is 0. The van der Waals surface area contributed by atoms with E-state index >= 15 is 0 Å². The molecule has 138 valence electrons. The van der Waals surface area contributed by atoms with Gasteiger partial charge < -0.3 is 0 Å². The Labute approximate surface area is 160 Å². The third-order valence-corrected chi connectivity index (χ3v) is 4.42. The summed E-state index contributed by atoms with van der Waals surface area (Å²) in [5.41, 5.74) is 9.73. The maximum Gasteiger partial charge on any atom is 0.182 e. The largest absolute Gasteiger partial charge is 0.292 e. The van der Waals surface area contributed by atoms with Crippen LogP contribution in [-0.4, -0.2) is 16.9 Å². The quantitative estimate of drug-likeness (QED) is 0.448. The van der Waals surface area contributed by atoms with Gasteiger partial charge in [0.1, 0.15) is 6.04 Å². The Morgan fingerprint density at radius 3 is 1.59 bits per heavy atom. The fourth-order valence-corrected chi connectivity index (χ4v) is 2.84. The van der Waals surface area contributed by atoms with Crippen molar-refractivity contribution in [3.8, 4) is 0 Å². The minimum absolute atomic E-state index is 0.0664. The summed E-state index contributed by atoms with van der Waals surface area (Å²) in [6, 6.07) is 29.3. The SMILES string of the molecule is C[C@@H](C(=O)c1ccccc1)N(NCc1ccccc1)NCc1ccccc1. The molecule has 0 radical (unpaired) electrons. The van der Waals surface area contributed by atoms with Gasteiger partial charge >= 0.3 is 0 Å². The average molecular weight is 359 g/mol. The first-order chi connectivity index (χ1) is 13.2. The Bertz CT molecular complexity index is 779. The fourth-order valence-electron chi connectivity index (χ4n) is 2.84. The van der Waals surface area contributed by atoms with Crippen LogP contribution in [0, 0.1) is 0 Å². The summed E-state index contributed by atoms with van der Waals surface area (Å²) in [6.45, 7) is 3.18. The van der Waals surface area contributed by atoms with Gasteiger partial charge in [-0.1, -0.05) is 91.0 Å². The maximum absolute atomic E-state index is 12.9. The number of ketones is 1. The smallest absolute Gasteiger partial charge is 0.182 e. The van der Waals surface area contributed by atoms with Gasteiger partial charge in [0.15, 0.2) is 5.78 Å². The average Bonchev–Trinajstić information content (AvgIpc) is 2.75. The molecule has 1 atom stereocenters. The number of benzene rings is 3. The molecule has 4 nitrogen and oxygen atoms in total. The predicted molar refractivity (Wildman–Crippen MR) is 109 cm³/mol. The van der Waals surface area contributed by atoms with Crippen LogP contribution in [0.25, 0.3) is 0 Å². The van der Waals surface area contributed by atoms with Gasteiger partial charge in [-0.25, -0.2) is 10.9 Å². The van der Waals surface area contributed by atoms with Gasteiger partial charge in [0, 0.05) is 18.7 Å². The predicted octanol–water partition coefficient (Wildman–Crippen LogP) is 3.97. The highest BCUT2D eigenvalue weighted by atomic mass is 16.1. The molecule has 2 N–H and O–H groups in total. The Morgan fingerprint density at radius 2 is 1.15 bits per heavy atom. The number of carbonyl (C=O) groups is 1.